The molecule has 2 aromatic carbocycles. The van der Waals surface area contributed by atoms with Gasteiger partial charge in [0.05, 0.1) is 11.2 Å². The minimum Gasteiger partial charge on any atom is -0.289 e. The first-order valence-electron chi connectivity index (χ1n) is 6.95. The minimum absolute atomic E-state index is 0.106. The minimum atomic E-state index is 0.106. The van der Waals surface area contributed by atoms with Crippen LogP contribution >= 0.6 is 0 Å². The molecule has 0 aliphatic heterocycles. The highest BCUT2D eigenvalue weighted by Gasteiger charge is 2.28. The summed E-state index contributed by atoms with van der Waals surface area (Å²) in [6.07, 6.45) is 1.02. The summed E-state index contributed by atoms with van der Waals surface area (Å²) < 4.78 is 2.04. The van der Waals surface area contributed by atoms with Crippen LogP contribution in [0, 0.1) is 0 Å². The fourth-order valence-corrected chi connectivity index (χ4v) is 3.05. The van der Waals surface area contributed by atoms with Gasteiger partial charge in [0, 0.05) is 28.6 Å². The SMILES string of the molecule is CCCn1nc2cccc3c2c1-c1ccccc1C3=O. The van der Waals surface area contributed by atoms with E-state index >= 15 is 0 Å². The van der Waals surface area contributed by atoms with Gasteiger partial charge in [0.25, 0.3) is 0 Å². The lowest BCUT2D eigenvalue weighted by molar-refractivity contribution is 0.104. The van der Waals surface area contributed by atoms with Crippen LogP contribution in [0.15, 0.2) is 42.5 Å². The Kier molecular flexibility index (Phi) is 2.30. The Bertz CT molecular complexity index is 845. The maximum Gasteiger partial charge on any atom is 0.194 e. The van der Waals surface area contributed by atoms with Gasteiger partial charge < -0.3 is 0 Å². The van der Waals surface area contributed by atoms with Gasteiger partial charge in [-0.1, -0.05) is 43.3 Å². The number of benzene rings is 2. The van der Waals surface area contributed by atoms with Gasteiger partial charge in [0.1, 0.15) is 0 Å². The maximum atomic E-state index is 12.6. The lowest BCUT2D eigenvalue weighted by atomic mass is 9.87. The van der Waals surface area contributed by atoms with Crippen molar-refractivity contribution < 1.29 is 4.79 Å². The molecule has 1 heterocycles. The Balaban J connectivity index is 2.18. The molecule has 0 spiro atoms. The van der Waals surface area contributed by atoms with Crippen LogP contribution in [0.4, 0.5) is 0 Å². The third-order valence-electron chi connectivity index (χ3n) is 3.87. The van der Waals surface area contributed by atoms with Gasteiger partial charge in [-0.3, -0.25) is 9.48 Å². The quantitative estimate of drug-likeness (QED) is 0.552. The van der Waals surface area contributed by atoms with Crippen LogP contribution in [0.2, 0.25) is 0 Å². The highest BCUT2D eigenvalue weighted by Crippen LogP contribution is 2.39. The van der Waals surface area contributed by atoms with E-state index in [1.807, 2.05) is 47.1 Å². The lowest BCUT2D eigenvalue weighted by Gasteiger charge is -2.17. The number of rotatable bonds is 2. The number of hydrogen-bond acceptors (Lipinski definition) is 2. The molecule has 0 unspecified atom stereocenters. The number of fused-ring (bicyclic) bond motifs is 2. The van der Waals surface area contributed by atoms with E-state index in [1.165, 1.54) is 0 Å². The average molecular weight is 262 g/mol. The zero-order valence-corrected chi connectivity index (χ0v) is 11.3. The molecular weight excluding hydrogens is 248 g/mol. The van der Waals surface area contributed by atoms with Crippen molar-refractivity contribution in [2.24, 2.45) is 0 Å². The van der Waals surface area contributed by atoms with Crippen molar-refractivity contribution in [1.82, 2.24) is 9.78 Å². The van der Waals surface area contributed by atoms with Crippen molar-refractivity contribution in [2.45, 2.75) is 19.9 Å². The van der Waals surface area contributed by atoms with Crippen LogP contribution in [0.5, 0.6) is 0 Å². The summed E-state index contributed by atoms with van der Waals surface area (Å²) in [7, 11) is 0. The summed E-state index contributed by atoms with van der Waals surface area (Å²) in [5.41, 5.74) is 4.57. The van der Waals surface area contributed by atoms with E-state index < -0.39 is 0 Å². The van der Waals surface area contributed by atoms with Crippen LogP contribution < -0.4 is 0 Å². The van der Waals surface area contributed by atoms with E-state index in [4.69, 9.17) is 0 Å². The van der Waals surface area contributed by atoms with Crippen molar-refractivity contribution in [3.05, 3.63) is 53.6 Å². The van der Waals surface area contributed by atoms with Crippen LogP contribution in [-0.4, -0.2) is 15.6 Å². The number of hydrogen-bond donors (Lipinski definition) is 0. The van der Waals surface area contributed by atoms with Gasteiger partial charge >= 0.3 is 0 Å². The predicted molar refractivity (Wildman–Crippen MR) is 78.9 cm³/mol. The Hall–Kier alpha value is -2.42. The van der Waals surface area contributed by atoms with E-state index in [0.29, 0.717) is 0 Å². The van der Waals surface area contributed by atoms with Crippen LogP contribution in [-0.2, 0) is 6.54 Å². The number of aryl methyl sites for hydroxylation is 1. The molecule has 1 aromatic heterocycles. The van der Waals surface area contributed by atoms with E-state index in [1.54, 1.807) is 0 Å². The molecule has 98 valence electrons. The van der Waals surface area contributed by atoms with Gasteiger partial charge in [-0.15, -0.1) is 0 Å². The van der Waals surface area contributed by atoms with Crippen molar-refractivity contribution >= 4 is 16.7 Å². The zero-order valence-electron chi connectivity index (χ0n) is 11.3. The third kappa shape index (κ3) is 1.35. The van der Waals surface area contributed by atoms with Crippen molar-refractivity contribution in [3.8, 4) is 11.3 Å². The molecule has 0 radical (unpaired) electrons. The summed E-state index contributed by atoms with van der Waals surface area (Å²) in [5, 5.41) is 5.68. The first-order chi connectivity index (χ1) is 9.81. The fourth-order valence-electron chi connectivity index (χ4n) is 3.05. The van der Waals surface area contributed by atoms with Gasteiger partial charge in [0.15, 0.2) is 5.78 Å². The highest BCUT2D eigenvalue weighted by atomic mass is 16.1. The van der Waals surface area contributed by atoms with Gasteiger partial charge in [-0.25, -0.2) is 0 Å². The van der Waals surface area contributed by atoms with E-state index in [-0.39, 0.29) is 5.78 Å². The first kappa shape index (κ1) is 11.4. The average Bonchev–Trinajstić information content (AvgIpc) is 2.84. The van der Waals surface area contributed by atoms with Crippen LogP contribution in [0.3, 0.4) is 0 Å². The number of carbonyl (C=O) groups is 1. The Labute approximate surface area is 116 Å². The van der Waals surface area contributed by atoms with Gasteiger partial charge in [-0.05, 0) is 12.5 Å². The second-order valence-electron chi connectivity index (χ2n) is 5.15. The lowest BCUT2D eigenvalue weighted by Crippen LogP contribution is -2.11. The predicted octanol–water partition coefficient (Wildman–Crippen LogP) is 3.66. The molecule has 3 heteroatoms. The summed E-state index contributed by atoms with van der Waals surface area (Å²) >= 11 is 0. The highest BCUT2D eigenvalue weighted by molar-refractivity contribution is 6.25. The second-order valence-corrected chi connectivity index (χ2v) is 5.15. The monoisotopic (exact) mass is 262 g/mol. The number of ketones is 1. The molecule has 0 N–H and O–H groups in total. The molecule has 1 aliphatic rings. The van der Waals surface area contributed by atoms with Crippen LogP contribution in [0.25, 0.3) is 22.2 Å². The van der Waals surface area contributed by atoms with Gasteiger partial charge in [-0.2, -0.15) is 5.10 Å². The largest absolute Gasteiger partial charge is 0.289 e. The van der Waals surface area contributed by atoms with Crippen molar-refractivity contribution in [1.29, 1.82) is 0 Å². The van der Waals surface area contributed by atoms with Crippen molar-refractivity contribution in [2.75, 3.05) is 0 Å². The third-order valence-corrected chi connectivity index (χ3v) is 3.87. The summed E-state index contributed by atoms with van der Waals surface area (Å²) in [6.45, 7) is 3.01. The van der Waals surface area contributed by atoms with Crippen LogP contribution in [0.1, 0.15) is 29.3 Å². The maximum absolute atomic E-state index is 12.6. The van der Waals surface area contributed by atoms with E-state index in [2.05, 4.69) is 12.0 Å². The molecule has 0 saturated heterocycles. The Morgan fingerprint density at radius 1 is 1.00 bits per heavy atom. The topological polar surface area (TPSA) is 34.9 Å². The number of aromatic nitrogens is 2. The van der Waals surface area contributed by atoms with E-state index in [0.717, 1.165) is 46.3 Å². The molecule has 20 heavy (non-hydrogen) atoms. The van der Waals surface area contributed by atoms with Gasteiger partial charge in [0.2, 0.25) is 0 Å². The molecule has 0 saturated carbocycles. The summed E-state index contributed by atoms with van der Waals surface area (Å²) in [6, 6.07) is 13.6. The van der Waals surface area contributed by atoms with Crippen molar-refractivity contribution in [3.63, 3.8) is 0 Å². The smallest absolute Gasteiger partial charge is 0.194 e. The first-order valence-corrected chi connectivity index (χ1v) is 6.95. The molecule has 0 atom stereocenters. The Morgan fingerprint density at radius 3 is 2.55 bits per heavy atom. The molecule has 0 bridgehead atoms. The summed E-state index contributed by atoms with van der Waals surface area (Å²) in [5.74, 6) is 0.106. The molecule has 0 amide bonds. The zero-order chi connectivity index (χ0) is 13.7. The fraction of sp³-hybridized carbons (Fsp3) is 0.176. The van der Waals surface area contributed by atoms with E-state index in [9.17, 15) is 4.79 Å². The molecule has 1 aliphatic carbocycles. The molecule has 3 nitrogen and oxygen atoms in total. The standard InChI is InChI=1S/C17H14N2O/c1-2-10-19-16-11-6-3-4-7-12(11)17(20)13-8-5-9-14(18-19)15(13)16/h3-9H,2,10H2,1H3. The normalized spacial score (nSPS) is 12.8. The second kappa shape index (κ2) is 4.04. The molecule has 3 aromatic rings. The number of nitrogens with zero attached hydrogens (tertiary/aromatic N) is 2. The molecule has 0 fully saturated rings. The molecule has 4 rings (SSSR count). The molecular formula is C17H14N2O. The Morgan fingerprint density at radius 2 is 1.75 bits per heavy atom. The number of carbonyl (C=O) groups excluding carboxylic acids is 1. The summed E-state index contributed by atoms with van der Waals surface area (Å²) in [4.78, 5) is 12.6.